The first kappa shape index (κ1) is 15.8. The first-order valence-electron chi connectivity index (χ1n) is 6.39. The second-order valence-electron chi connectivity index (χ2n) is 4.87. The van der Waals surface area contributed by atoms with Crippen molar-refractivity contribution in [2.75, 3.05) is 5.43 Å². The number of rotatable bonds is 4. The molecule has 2 aromatic rings. The van der Waals surface area contributed by atoms with Crippen LogP contribution in [0.4, 0.5) is 5.82 Å². The topological polar surface area (TPSA) is 73.1 Å². The van der Waals surface area contributed by atoms with E-state index in [2.05, 4.69) is 15.4 Å². The zero-order chi connectivity index (χ0) is 15.6. The molecule has 3 N–H and O–H groups in total. The number of ether oxygens (including phenoxy) is 1. The number of aromatic nitrogens is 2. The van der Waals surface area contributed by atoms with Gasteiger partial charge in [-0.2, -0.15) is 4.98 Å². The molecule has 1 aromatic heterocycles. The van der Waals surface area contributed by atoms with E-state index in [-0.39, 0.29) is 5.92 Å². The fraction of sp³-hybridized carbons (Fsp3) is 0.286. The largest absolute Gasteiger partial charge is 0.438 e. The van der Waals surface area contributed by atoms with Gasteiger partial charge in [-0.25, -0.2) is 10.8 Å². The molecule has 21 heavy (non-hydrogen) atoms. The third-order valence-electron chi connectivity index (χ3n) is 2.82. The summed E-state index contributed by atoms with van der Waals surface area (Å²) in [6.07, 6.45) is 0. The maximum atomic E-state index is 5.97. The number of hydrogen-bond donors (Lipinski definition) is 2. The minimum absolute atomic E-state index is 0.142. The van der Waals surface area contributed by atoms with Crippen molar-refractivity contribution >= 4 is 29.0 Å². The Morgan fingerprint density at radius 3 is 2.29 bits per heavy atom. The average molecular weight is 327 g/mol. The summed E-state index contributed by atoms with van der Waals surface area (Å²) in [5.74, 6) is 7.72. The maximum Gasteiger partial charge on any atom is 0.227 e. The van der Waals surface area contributed by atoms with Gasteiger partial charge in [-0.05, 0) is 25.1 Å². The number of nitrogen functional groups attached to an aromatic ring is 1. The predicted octanol–water partition coefficient (Wildman–Crippen LogP) is 4.29. The monoisotopic (exact) mass is 326 g/mol. The van der Waals surface area contributed by atoms with Gasteiger partial charge in [0.05, 0.1) is 5.56 Å². The quantitative estimate of drug-likeness (QED) is 0.647. The molecule has 0 bridgehead atoms. The molecule has 2 rings (SSSR count). The number of benzene rings is 1. The predicted molar refractivity (Wildman–Crippen MR) is 85.2 cm³/mol. The summed E-state index contributed by atoms with van der Waals surface area (Å²) in [6, 6.07) is 4.97. The molecule has 0 amide bonds. The molecule has 0 saturated carbocycles. The average Bonchev–Trinajstić information content (AvgIpc) is 2.39. The molecule has 0 saturated heterocycles. The highest BCUT2D eigenvalue weighted by Gasteiger charge is 2.14. The van der Waals surface area contributed by atoms with Gasteiger partial charge < -0.3 is 10.2 Å². The Hall–Kier alpha value is -1.56. The van der Waals surface area contributed by atoms with E-state index >= 15 is 0 Å². The zero-order valence-electron chi connectivity index (χ0n) is 11.9. The summed E-state index contributed by atoms with van der Waals surface area (Å²) in [6.45, 7) is 5.80. The van der Waals surface area contributed by atoms with E-state index in [1.165, 1.54) is 0 Å². The molecule has 7 heteroatoms. The summed E-state index contributed by atoms with van der Waals surface area (Å²) in [7, 11) is 0. The molecule has 0 unspecified atom stereocenters. The van der Waals surface area contributed by atoms with Crippen LogP contribution >= 0.6 is 23.2 Å². The molecule has 5 nitrogen and oxygen atoms in total. The second-order valence-corrected chi connectivity index (χ2v) is 5.74. The smallest absolute Gasteiger partial charge is 0.227 e. The lowest BCUT2D eigenvalue weighted by atomic mass is 10.2. The number of nitrogens with zero attached hydrogens (tertiary/aromatic N) is 2. The van der Waals surface area contributed by atoms with Crippen LogP contribution in [0.25, 0.3) is 0 Å². The van der Waals surface area contributed by atoms with Crippen molar-refractivity contribution in [1.82, 2.24) is 9.97 Å². The van der Waals surface area contributed by atoms with E-state index in [0.29, 0.717) is 38.9 Å². The molecule has 0 aliphatic rings. The summed E-state index contributed by atoms with van der Waals surface area (Å²) < 4.78 is 5.79. The third-order valence-corrected chi connectivity index (χ3v) is 3.26. The fourth-order valence-corrected chi connectivity index (χ4v) is 2.22. The molecular weight excluding hydrogens is 311 g/mol. The summed E-state index contributed by atoms with van der Waals surface area (Å²) in [5.41, 5.74) is 3.26. The molecule has 0 aliphatic heterocycles. The number of nitrogens with two attached hydrogens (primary N) is 1. The number of halogens is 2. The van der Waals surface area contributed by atoms with Crippen LogP contribution in [0.2, 0.25) is 10.0 Å². The summed E-state index contributed by atoms with van der Waals surface area (Å²) in [5, 5.41) is 0.982. The highest BCUT2D eigenvalue weighted by Crippen LogP contribution is 2.31. The SMILES string of the molecule is Cc1c(NN)nc(C(C)C)nc1Oc1cc(Cl)cc(Cl)c1. The van der Waals surface area contributed by atoms with Gasteiger partial charge in [0.25, 0.3) is 0 Å². The Labute approximate surface area is 133 Å². The van der Waals surface area contributed by atoms with Gasteiger partial charge in [0.2, 0.25) is 5.88 Å². The lowest BCUT2D eigenvalue weighted by Crippen LogP contribution is -2.13. The van der Waals surface area contributed by atoms with Crippen molar-refractivity contribution in [3.05, 3.63) is 39.6 Å². The van der Waals surface area contributed by atoms with Gasteiger partial charge in [0, 0.05) is 16.0 Å². The first-order chi connectivity index (χ1) is 9.90. The normalized spacial score (nSPS) is 10.8. The van der Waals surface area contributed by atoms with Crippen molar-refractivity contribution < 1.29 is 4.74 Å². The Morgan fingerprint density at radius 1 is 1.14 bits per heavy atom. The fourth-order valence-electron chi connectivity index (χ4n) is 1.71. The standard InChI is InChI=1S/C14H16Cl2N4O/c1-7(2)12-18-13(20-17)8(3)14(19-12)21-11-5-9(15)4-10(16)6-11/h4-7H,17H2,1-3H3,(H,18,19,20). The van der Waals surface area contributed by atoms with Crippen LogP contribution in [0.5, 0.6) is 11.6 Å². The van der Waals surface area contributed by atoms with Crippen molar-refractivity contribution in [1.29, 1.82) is 0 Å². The highest BCUT2D eigenvalue weighted by molar-refractivity contribution is 6.34. The van der Waals surface area contributed by atoms with Crippen molar-refractivity contribution in [2.24, 2.45) is 5.84 Å². The highest BCUT2D eigenvalue weighted by atomic mass is 35.5. The van der Waals surface area contributed by atoms with Crippen LogP contribution in [0.3, 0.4) is 0 Å². The van der Waals surface area contributed by atoms with Crippen LogP contribution in [-0.2, 0) is 0 Å². The van der Waals surface area contributed by atoms with E-state index in [1.807, 2.05) is 20.8 Å². The number of hydrazine groups is 1. The molecule has 0 spiro atoms. The van der Waals surface area contributed by atoms with Crippen LogP contribution in [0, 0.1) is 6.92 Å². The van der Waals surface area contributed by atoms with E-state index in [4.69, 9.17) is 33.8 Å². The van der Waals surface area contributed by atoms with E-state index < -0.39 is 0 Å². The van der Waals surface area contributed by atoms with Gasteiger partial charge >= 0.3 is 0 Å². The molecule has 0 radical (unpaired) electrons. The van der Waals surface area contributed by atoms with Crippen LogP contribution < -0.4 is 16.0 Å². The third kappa shape index (κ3) is 3.75. The van der Waals surface area contributed by atoms with E-state index in [9.17, 15) is 0 Å². The molecule has 0 aliphatic carbocycles. The van der Waals surface area contributed by atoms with Gasteiger partial charge in [0.15, 0.2) is 5.82 Å². The van der Waals surface area contributed by atoms with Crippen molar-refractivity contribution in [3.8, 4) is 11.6 Å². The van der Waals surface area contributed by atoms with Gasteiger partial charge in [-0.15, -0.1) is 0 Å². The number of hydrogen-bond acceptors (Lipinski definition) is 5. The Kier molecular flexibility index (Phi) is 4.88. The second kappa shape index (κ2) is 6.47. The van der Waals surface area contributed by atoms with Crippen LogP contribution in [0.1, 0.15) is 31.2 Å². The summed E-state index contributed by atoms with van der Waals surface area (Å²) >= 11 is 11.9. The van der Waals surface area contributed by atoms with E-state index in [1.54, 1.807) is 18.2 Å². The maximum absolute atomic E-state index is 5.97. The first-order valence-corrected chi connectivity index (χ1v) is 7.15. The lowest BCUT2D eigenvalue weighted by Gasteiger charge is -2.14. The summed E-state index contributed by atoms with van der Waals surface area (Å²) in [4.78, 5) is 8.77. The van der Waals surface area contributed by atoms with Gasteiger partial charge in [-0.1, -0.05) is 37.0 Å². The molecular formula is C14H16Cl2N4O. The van der Waals surface area contributed by atoms with Crippen LogP contribution in [0.15, 0.2) is 18.2 Å². The minimum atomic E-state index is 0.142. The molecule has 0 atom stereocenters. The van der Waals surface area contributed by atoms with Crippen molar-refractivity contribution in [2.45, 2.75) is 26.7 Å². The number of anilines is 1. The van der Waals surface area contributed by atoms with Crippen LogP contribution in [-0.4, -0.2) is 9.97 Å². The minimum Gasteiger partial charge on any atom is -0.438 e. The molecule has 1 aromatic carbocycles. The molecule has 112 valence electrons. The van der Waals surface area contributed by atoms with Gasteiger partial charge in [0.1, 0.15) is 11.6 Å². The van der Waals surface area contributed by atoms with E-state index in [0.717, 1.165) is 0 Å². The van der Waals surface area contributed by atoms with Crippen molar-refractivity contribution in [3.63, 3.8) is 0 Å². The number of nitrogens with one attached hydrogen (secondary N) is 1. The lowest BCUT2D eigenvalue weighted by molar-refractivity contribution is 0.453. The molecule has 0 fully saturated rings. The Morgan fingerprint density at radius 2 is 1.76 bits per heavy atom. The zero-order valence-corrected chi connectivity index (χ0v) is 13.5. The Bertz CT molecular complexity index is 641. The van der Waals surface area contributed by atoms with Gasteiger partial charge in [-0.3, -0.25) is 0 Å². The Balaban J connectivity index is 2.45. The molecule has 1 heterocycles.